The number of nitrogens with zero attached hydrogens (tertiary/aromatic N) is 1. The summed E-state index contributed by atoms with van der Waals surface area (Å²) < 4.78 is 0. The number of hydrogen-bond donors (Lipinski definition) is 0. The van der Waals surface area contributed by atoms with Gasteiger partial charge in [-0.2, -0.15) is 0 Å². The SMILES string of the molecule is CCCN(CCC)C([C]=O)CC. The van der Waals surface area contributed by atoms with Crippen LogP contribution in [0.1, 0.15) is 40.0 Å². The molecule has 0 rings (SSSR count). The van der Waals surface area contributed by atoms with Gasteiger partial charge in [-0.1, -0.05) is 20.8 Å². The van der Waals surface area contributed by atoms with Crippen LogP contribution in [0, 0.1) is 0 Å². The zero-order chi connectivity index (χ0) is 9.40. The maximum Gasteiger partial charge on any atom is 0.217 e. The minimum atomic E-state index is 0.0184. The molecule has 2 nitrogen and oxygen atoms in total. The van der Waals surface area contributed by atoms with Gasteiger partial charge in [0.25, 0.3) is 0 Å². The van der Waals surface area contributed by atoms with E-state index in [2.05, 4.69) is 25.0 Å². The van der Waals surface area contributed by atoms with Crippen LogP contribution in [0.15, 0.2) is 0 Å². The van der Waals surface area contributed by atoms with Crippen molar-refractivity contribution in [3.8, 4) is 0 Å². The standard InChI is InChI=1S/C10H20NO/c1-4-7-11(8-5-2)10(6-3)9-12/h10H,4-8H2,1-3H3. The van der Waals surface area contributed by atoms with Crippen molar-refractivity contribution in [2.75, 3.05) is 13.1 Å². The Bertz CT molecular complexity index is 108. The zero-order valence-electron chi connectivity index (χ0n) is 8.47. The minimum absolute atomic E-state index is 0.0184. The number of carbonyl (C=O) groups excluding carboxylic acids is 1. The second-order valence-electron chi connectivity index (χ2n) is 3.08. The molecule has 0 aliphatic carbocycles. The molecule has 0 fully saturated rings. The van der Waals surface area contributed by atoms with Gasteiger partial charge in [-0.05, 0) is 32.4 Å². The summed E-state index contributed by atoms with van der Waals surface area (Å²) in [5, 5.41) is 0. The molecule has 0 spiro atoms. The molecule has 0 N–H and O–H groups in total. The summed E-state index contributed by atoms with van der Waals surface area (Å²) in [6.07, 6.45) is 5.19. The molecular formula is C10H20NO. The van der Waals surface area contributed by atoms with Crippen LogP contribution in [0.5, 0.6) is 0 Å². The normalized spacial score (nSPS) is 13.3. The molecule has 0 amide bonds. The van der Waals surface area contributed by atoms with Gasteiger partial charge in [-0.15, -0.1) is 0 Å². The molecule has 0 saturated heterocycles. The molecule has 0 aromatic rings. The first-order valence-corrected chi connectivity index (χ1v) is 4.91. The van der Waals surface area contributed by atoms with E-state index >= 15 is 0 Å². The molecule has 0 bridgehead atoms. The second kappa shape index (κ2) is 7.29. The van der Waals surface area contributed by atoms with Gasteiger partial charge >= 0.3 is 0 Å². The van der Waals surface area contributed by atoms with Gasteiger partial charge in [-0.3, -0.25) is 9.69 Å². The Morgan fingerprint density at radius 3 is 1.92 bits per heavy atom. The fraction of sp³-hybridized carbons (Fsp3) is 0.900. The molecule has 1 unspecified atom stereocenters. The second-order valence-corrected chi connectivity index (χ2v) is 3.08. The van der Waals surface area contributed by atoms with E-state index in [-0.39, 0.29) is 6.04 Å². The molecule has 0 aliphatic heterocycles. The van der Waals surface area contributed by atoms with Gasteiger partial charge in [0, 0.05) is 0 Å². The highest BCUT2D eigenvalue weighted by Gasteiger charge is 2.14. The Balaban J connectivity index is 3.94. The minimum Gasteiger partial charge on any atom is -0.293 e. The lowest BCUT2D eigenvalue weighted by Crippen LogP contribution is -2.37. The Kier molecular flexibility index (Phi) is 7.06. The van der Waals surface area contributed by atoms with Gasteiger partial charge < -0.3 is 0 Å². The lowest BCUT2D eigenvalue weighted by Gasteiger charge is -2.25. The largest absolute Gasteiger partial charge is 0.293 e. The predicted molar refractivity (Wildman–Crippen MR) is 51.9 cm³/mol. The molecule has 0 aliphatic rings. The molecule has 0 saturated carbocycles. The van der Waals surface area contributed by atoms with Crippen LogP contribution in [0.4, 0.5) is 0 Å². The summed E-state index contributed by atoms with van der Waals surface area (Å²) in [6.45, 7) is 8.34. The first-order chi connectivity index (χ1) is 5.79. The van der Waals surface area contributed by atoms with Crippen LogP contribution in [0.2, 0.25) is 0 Å². The van der Waals surface area contributed by atoms with Crippen LogP contribution >= 0.6 is 0 Å². The summed E-state index contributed by atoms with van der Waals surface area (Å²) in [6, 6.07) is 0.0184. The van der Waals surface area contributed by atoms with Gasteiger partial charge in [0.1, 0.15) is 0 Å². The van der Waals surface area contributed by atoms with E-state index in [0.717, 1.165) is 32.4 Å². The van der Waals surface area contributed by atoms with Crippen molar-refractivity contribution in [2.24, 2.45) is 0 Å². The molecule has 0 aromatic heterocycles. The van der Waals surface area contributed by atoms with Gasteiger partial charge in [-0.25, -0.2) is 0 Å². The van der Waals surface area contributed by atoms with Gasteiger partial charge in [0.15, 0.2) is 0 Å². The van der Waals surface area contributed by atoms with Crippen molar-refractivity contribution in [2.45, 2.75) is 46.1 Å². The molecule has 1 radical (unpaired) electrons. The maximum absolute atomic E-state index is 10.6. The highest BCUT2D eigenvalue weighted by atomic mass is 16.1. The van der Waals surface area contributed by atoms with Crippen molar-refractivity contribution in [1.29, 1.82) is 0 Å². The monoisotopic (exact) mass is 170 g/mol. The van der Waals surface area contributed by atoms with Crippen molar-refractivity contribution >= 4 is 6.29 Å². The Morgan fingerprint density at radius 2 is 1.67 bits per heavy atom. The number of hydrogen-bond acceptors (Lipinski definition) is 2. The topological polar surface area (TPSA) is 20.3 Å². The average Bonchev–Trinajstić information content (AvgIpc) is 2.07. The third kappa shape index (κ3) is 3.86. The summed E-state index contributed by atoms with van der Waals surface area (Å²) >= 11 is 0. The van der Waals surface area contributed by atoms with E-state index in [0.29, 0.717) is 0 Å². The van der Waals surface area contributed by atoms with Gasteiger partial charge in [0.2, 0.25) is 6.29 Å². The summed E-state index contributed by atoms with van der Waals surface area (Å²) in [7, 11) is 0. The molecule has 1 atom stereocenters. The Hall–Kier alpha value is -0.370. The van der Waals surface area contributed by atoms with Crippen LogP contribution < -0.4 is 0 Å². The van der Waals surface area contributed by atoms with Crippen molar-refractivity contribution in [1.82, 2.24) is 4.90 Å². The molecule has 12 heavy (non-hydrogen) atoms. The van der Waals surface area contributed by atoms with E-state index in [9.17, 15) is 4.79 Å². The van der Waals surface area contributed by atoms with E-state index in [1.807, 2.05) is 6.92 Å². The maximum atomic E-state index is 10.6. The lowest BCUT2D eigenvalue weighted by molar-refractivity contribution is 0.233. The molecule has 0 aromatic carbocycles. The van der Waals surface area contributed by atoms with Crippen LogP contribution in [0.3, 0.4) is 0 Å². The smallest absolute Gasteiger partial charge is 0.217 e. The first kappa shape index (κ1) is 11.6. The molecule has 0 heterocycles. The average molecular weight is 170 g/mol. The van der Waals surface area contributed by atoms with Crippen LogP contribution in [-0.2, 0) is 4.79 Å². The van der Waals surface area contributed by atoms with E-state index in [1.165, 1.54) is 0 Å². The van der Waals surface area contributed by atoms with E-state index in [4.69, 9.17) is 0 Å². The third-order valence-electron chi connectivity index (χ3n) is 1.99. The quantitative estimate of drug-likeness (QED) is 0.582. The number of rotatable bonds is 7. The van der Waals surface area contributed by atoms with Crippen molar-refractivity contribution < 1.29 is 4.79 Å². The zero-order valence-corrected chi connectivity index (χ0v) is 8.47. The fourth-order valence-corrected chi connectivity index (χ4v) is 1.41. The summed E-state index contributed by atoms with van der Waals surface area (Å²) in [4.78, 5) is 12.8. The Labute approximate surface area is 75.9 Å². The first-order valence-electron chi connectivity index (χ1n) is 4.91. The highest BCUT2D eigenvalue weighted by molar-refractivity contribution is 5.58. The molecule has 71 valence electrons. The van der Waals surface area contributed by atoms with E-state index < -0.39 is 0 Å². The van der Waals surface area contributed by atoms with Crippen LogP contribution in [-0.4, -0.2) is 30.3 Å². The molecular weight excluding hydrogens is 150 g/mol. The Morgan fingerprint density at radius 1 is 1.17 bits per heavy atom. The fourth-order valence-electron chi connectivity index (χ4n) is 1.41. The van der Waals surface area contributed by atoms with E-state index in [1.54, 1.807) is 0 Å². The highest BCUT2D eigenvalue weighted by Crippen LogP contribution is 2.03. The van der Waals surface area contributed by atoms with Crippen molar-refractivity contribution in [3.63, 3.8) is 0 Å². The van der Waals surface area contributed by atoms with Gasteiger partial charge in [0.05, 0.1) is 6.04 Å². The third-order valence-corrected chi connectivity index (χ3v) is 1.99. The lowest BCUT2D eigenvalue weighted by atomic mass is 10.2. The molecule has 2 heteroatoms. The van der Waals surface area contributed by atoms with Crippen LogP contribution in [0.25, 0.3) is 0 Å². The predicted octanol–water partition coefficient (Wildman–Crippen LogP) is 2.00. The summed E-state index contributed by atoms with van der Waals surface area (Å²) in [5.41, 5.74) is 0. The summed E-state index contributed by atoms with van der Waals surface area (Å²) in [5.74, 6) is 0. The van der Waals surface area contributed by atoms with Crippen molar-refractivity contribution in [3.05, 3.63) is 0 Å².